The van der Waals surface area contributed by atoms with Gasteiger partial charge in [-0.05, 0) is 12.8 Å². The van der Waals surface area contributed by atoms with E-state index in [2.05, 4.69) is 10.3 Å². The van der Waals surface area contributed by atoms with Crippen LogP contribution in [-0.2, 0) is 4.79 Å². The lowest BCUT2D eigenvalue weighted by Gasteiger charge is -2.14. The maximum atomic E-state index is 11.1. The van der Waals surface area contributed by atoms with Crippen molar-refractivity contribution in [2.45, 2.75) is 26.7 Å². The van der Waals surface area contributed by atoms with Crippen molar-refractivity contribution in [3.8, 4) is 0 Å². The lowest BCUT2D eigenvalue weighted by molar-refractivity contribution is -0.139. The van der Waals surface area contributed by atoms with E-state index in [1.54, 1.807) is 7.05 Å². The lowest BCUT2D eigenvalue weighted by Crippen LogP contribution is -2.17. The van der Waals surface area contributed by atoms with Crippen LogP contribution in [0, 0.1) is 12.8 Å². The molecule has 0 saturated heterocycles. The number of carbonyl (C=O) groups is 1. The van der Waals surface area contributed by atoms with Crippen molar-refractivity contribution >= 4 is 22.4 Å². The van der Waals surface area contributed by atoms with Crippen molar-refractivity contribution < 1.29 is 9.90 Å². The molecule has 0 amide bonds. The first-order valence-electron chi connectivity index (χ1n) is 4.85. The average molecular weight is 228 g/mol. The summed E-state index contributed by atoms with van der Waals surface area (Å²) in [6.07, 6.45) is 0. The molecule has 1 atom stereocenters. The molecule has 1 unspecified atom stereocenters. The van der Waals surface area contributed by atoms with Gasteiger partial charge in [0, 0.05) is 11.9 Å². The van der Waals surface area contributed by atoms with Gasteiger partial charge in [-0.15, -0.1) is 11.3 Å². The van der Waals surface area contributed by atoms with Crippen molar-refractivity contribution in [3.63, 3.8) is 0 Å². The highest BCUT2D eigenvalue weighted by atomic mass is 32.1. The molecular formula is C10H16N2O2S. The Morgan fingerprint density at radius 3 is 2.47 bits per heavy atom. The fraction of sp³-hybridized carbons (Fsp3) is 0.600. The monoisotopic (exact) mass is 228 g/mol. The van der Waals surface area contributed by atoms with Crippen molar-refractivity contribution in [2.75, 3.05) is 12.4 Å². The smallest absolute Gasteiger partial charge is 0.312 e. The van der Waals surface area contributed by atoms with Gasteiger partial charge >= 0.3 is 5.97 Å². The molecule has 1 heterocycles. The minimum atomic E-state index is -0.778. The maximum absolute atomic E-state index is 11.1. The quantitative estimate of drug-likeness (QED) is 0.830. The number of aliphatic carboxylic acids is 1. The topological polar surface area (TPSA) is 62.2 Å². The minimum Gasteiger partial charge on any atom is -0.481 e. The maximum Gasteiger partial charge on any atom is 0.312 e. The van der Waals surface area contributed by atoms with E-state index in [0.717, 1.165) is 15.7 Å². The Morgan fingerprint density at radius 2 is 2.13 bits per heavy atom. The Bertz CT molecular complexity index is 360. The zero-order valence-corrected chi connectivity index (χ0v) is 10.2. The van der Waals surface area contributed by atoms with Gasteiger partial charge < -0.3 is 10.4 Å². The third-order valence-electron chi connectivity index (χ3n) is 2.26. The van der Waals surface area contributed by atoms with E-state index >= 15 is 0 Å². The summed E-state index contributed by atoms with van der Waals surface area (Å²) < 4.78 is 0. The summed E-state index contributed by atoms with van der Waals surface area (Å²) >= 11 is 1.42. The predicted molar refractivity (Wildman–Crippen MR) is 61.6 cm³/mol. The average Bonchev–Trinajstić information content (AvgIpc) is 2.46. The van der Waals surface area contributed by atoms with Crippen LogP contribution in [0.1, 0.15) is 30.3 Å². The second-order valence-corrected chi connectivity index (χ2v) is 4.81. The molecule has 0 aliphatic rings. The number of hydrogen-bond acceptors (Lipinski definition) is 4. The normalized spacial score (nSPS) is 12.9. The Morgan fingerprint density at radius 1 is 1.53 bits per heavy atom. The first-order valence-corrected chi connectivity index (χ1v) is 5.67. The number of nitrogens with one attached hydrogen (secondary N) is 1. The number of rotatable bonds is 4. The highest BCUT2D eigenvalue weighted by Crippen LogP contribution is 2.34. The molecule has 0 aromatic carbocycles. The SMILES string of the molecule is CNc1nc(C)c(C(C(=O)O)C(C)C)s1. The van der Waals surface area contributed by atoms with Crippen LogP contribution in [0.4, 0.5) is 5.13 Å². The first-order chi connectivity index (χ1) is 6.97. The number of carboxylic acid groups (broad SMARTS) is 1. The third-order valence-corrected chi connectivity index (χ3v) is 3.52. The van der Waals surface area contributed by atoms with E-state index in [0.29, 0.717) is 0 Å². The van der Waals surface area contributed by atoms with E-state index in [-0.39, 0.29) is 5.92 Å². The summed E-state index contributed by atoms with van der Waals surface area (Å²) in [6.45, 7) is 5.68. The van der Waals surface area contributed by atoms with E-state index in [1.165, 1.54) is 11.3 Å². The molecule has 4 nitrogen and oxygen atoms in total. The van der Waals surface area contributed by atoms with Crippen LogP contribution in [-0.4, -0.2) is 23.1 Å². The molecule has 0 aliphatic carbocycles. The molecule has 1 rings (SSSR count). The zero-order valence-electron chi connectivity index (χ0n) is 9.37. The van der Waals surface area contributed by atoms with Gasteiger partial charge in [0.2, 0.25) is 0 Å². The van der Waals surface area contributed by atoms with Crippen LogP contribution in [0.2, 0.25) is 0 Å². The van der Waals surface area contributed by atoms with Gasteiger partial charge in [0.05, 0.1) is 11.6 Å². The minimum absolute atomic E-state index is 0.0753. The summed E-state index contributed by atoms with van der Waals surface area (Å²) in [4.78, 5) is 16.3. The molecule has 5 heteroatoms. The summed E-state index contributed by atoms with van der Waals surface area (Å²) in [5, 5.41) is 12.9. The number of thiazole rings is 1. The highest BCUT2D eigenvalue weighted by Gasteiger charge is 2.27. The molecule has 15 heavy (non-hydrogen) atoms. The van der Waals surface area contributed by atoms with Gasteiger partial charge in [-0.1, -0.05) is 13.8 Å². The number of aromatic nitrogens is 1. The Balaban J connectivity index is 3.10. The second kappa shape index (κ2) is 4.61. The van der Waals surface area contributed by atoms with E-state index in [4.69, 9.17) is 5.11 Å². The van der Waals surface area contributed by atoms with Gasteiger partial charge in [0.1, 0.15) is 0 Å². The van der Waals surface area contributed by atoms with Gasteiger partial charge in [-0.2, -0.15) is 0 Å². The Labute approximate surface area is 93.4 Å². The van der Waals surface area contributed by atoms with Crippen molar-refractivity contribution in [1.29, 1.82) is 0 Å². The van der Waals surface area contributed by atoms with Crippen molar-refractivity contribution in [1.82, 2.24) is 4.98 Å². The van der Waals surface area contributed by atoms with E-state index in [1.807, 2.05) is 20.8 Å². The molecule has 0 bridgehead atoms. The zero-order chi connectivity index (χ0) is 11.6. The molecule has 84 valence electrons. The highest BCUT2D eigenvalue weighted by molar-refractivity contribution is 7.15. The first kappa shape index (κ1) is 12.0. The van der Waals surface area contributed by atoms with Gasteiger partial charge in [-0.25, -0.2) is 4.98 Å². The summed E-state index contributed by atoms with van der Waals surface area (Å²) in [5.74, 6) is -1.16. The molecule has 0 radical (unpaired) electrons. The standard InChI is InChI=1S/C10H16N2O2S/c1-5(2)7(9(13)14)8-6(3)12-10(11-4)15-8/h5,7H,1-4H3,(H,11,12)(H,13,14). The molecule has 0 saturated carbocycles. The van der Waals surface area contributed by atoms with Crippen LogP contribution >= 0.6 is 11.3 Å². The predicted octanol–water partition coefficient (Wildman–Crippen LogP) is 2.32. The van der Waals surface area contributed by atoms with Crippen LogP contribution in [0.15, 0.2) is 0 Å². The largest absolute Gasteiger partial charge is 0.481 e. The lowest BCUT2D eigenvalue weighted by atomic mass is 9.93. The van der Waals surface area contributed by atoms with Crippen LogP contribution in [0.5, 0.6) is 0 Å². The number of anilines is 1. The fourth-order valence-corrected chi connectivity index (χ4v) is 2.69. The molecular weight excluding hydrogens is 212 g/mol. The van der Waals surface area contributed by atoms with Crippen molar-refractivity contribution in [2.24, 2.45) is 5.92 Å². The number of hydrogen-bond donors (Lipinski definition) is 2. The molecule has 0 fully saturated rings. The van der Waals surface area contributed by atoms with Crippen LogP contribution in [0.3, 0.4) is 0 Å². The van der Waals surface area contributed by atoms with E-state index in [9.17, 15) is 4.79 Å². The molecule has 1 aromatic heterocycles. The van der Waals surface area contributed by atoms with Gasteiger partial charge in [0.15, 0.2) is 5.13 Å². The second-order valence-electron chi connectivity index (χ2n) is 3.78. The third kappa shape index (κ3) is 2.47. The van der Waals surface area contributed by atoms with Crippen LogP contribution < -0.4 is 5.32 Å². The fourth-order valence-electron chi connectivity index (χ4n) is 1.50. The molecule has 0 aliphatic heterocycles. The Hall–Kier alpha value is -1.10. The summed E-state index contributed by atoms with van der Waals surface area (Å²) in [7, 11) is 1.78. The summed E-state index contributed by atoms with van der Waals surface area (Å²) in [5.41, 5.74) is 0.811. The van der Waals surface area contributed by atoms with Crippen LogP contribution in [0.25, 0.3) is 0 Å². The molecule has 0 spiro atoms. The van der Waals surface area contributed by atoms with Gasteiger partial charge in [0.25, 0.3) is 0 Å². The Kier molecular flexibility index (Phi) is 3.68. The molecule has 1 aromatic rings. The van der Waals surface area contributed by atoms with Gasteiger partial charge in [-0.3, -0.25) is 4.79 Å². The van der Waals surface area contributed by atoms with Crippen molar-refractivity contribution in [3.05, 3.63) is 10.6 Å². The number of carboxylic acids is 1. The van der Waals surface area contributed by atoms with E-state index < -0.39 is 11.9 Å². The number of nitrogens with zero attached hydrogens (tertiary/aromatic N) is 1. The number of aryl methyl sites for hydroxylation is 1. The summed E-state index contributed by atoms with van der Waals surface area (Å²) in [6, 6.07) is 0. The molecule has 2 N–H and O–H groups in total.